The Hall–Kier alpha value is -2.20. The predicted octanol–water partition coefficient (Wildman–Crippen LogP) is 4.93. The van der Waals surface area contributed by atoms with Crippen molar-refractivity contribution in [3.05, 3.63) is 65.4 Å². The first kappa shape index (κ1) is 15.3. The Morgan fingerprint density at radius 3 is 2.71 bits per heavy atom. The van der Waals surface area contributed by atoms with Gasteiger partial charge in [0.25, 0.3) is 0 Å². The summed E-state index contributed by atoms with van der Waals surface area (Å²) in [5.74, 6) is 2.60. The summed E-state index contributed by atoms with van der Waals surface area (Å²) in [5.41, 5.74) is 1.77. The number of ether oxygens (including phenoxy) is 2. The Morgan fingerprint density at radius 2 is 1.92 bits per heavy atom. The summed E-state index contributed by atoms with van der Waals surface area (Å²) in [7, 11) is 1.66. The zero-order chi connectivity index (χ0) is 16.5. The number of hydrogen-bond acceptors (Lipinski definition) is 4. The summed E-state index contributed by atoms with van der Waals surface area (Å²) in [6.07, 6.45) is 2.28. The molecule has 0 aromatic heterocycles. The summed E-state index contributed by atoms with van der Waals surface area (Å²) in [4.78, 5) is 13.8. The molecule has 0 radical (unpaired) electrons. The van der Waals surface area contributed by atoms with E-state index >= 15 is 0 Å². The molecule has 2 aromatic rings. The minimum Gasteiger partial charge on any atom is -0.496 e. The fourth-order valence-corrected chi connectivity index (χ4v) is 4.63. The SMILES string of the molecule is COc1cccc2c1C(Sc1ccccc1)C1=C(CCCC1=O)O2. The zero-order valence-corrected chi connectivity index (χ0v) is 14.3. The van der Waals surface area contributed by atoms with E-state index in [0.717, 1.165) is 46.1 Å². The van der Waals surface area contributed by atoms with E-state index in [2.05, 4.69) is 12.1 Å². The molecule has 4 rings (SSSR count). The van der Waals surface area contributed by atoms with E-state index in [1.165, 1.54) is 0 Å². The fraction of sp³-hybridized carbons (Fsp3) is 0.250. The highest BCUT2D eigenvalue weighted by molar-refractivity contribution is 7.99. The highest BCUT2D eigenvalue weighted by Gasteiger charge is 2.38. The average Bonchev–Trinajstić information content (AvgIpc) is 2.62. The molecule has 24 heavy (non-hydrogen) atoms. The topological polar surface area (TPSA) is 35.5 Å². The average molecular weight is 338 g/mol. The van der Waals surface area contributed by atoms with Crippen molar-refractivity contribution in [2.75, 3.05) is 7.11 Å². The second-order valence-electron chi connectivity index (χ2n) is 5.90. The van der Waals surface area contributed by atoms with Gasteiger partial charge in [0.05, 0.1) is 23.5 Å². The summed E-state index contributed by atoms with van der Waals surface area (Å²) >= 11 is 1.69. The maximum absolute atomic E-state index is 12.6. The molecular weight excluding hydrogens is 320 g/mol. The molecule has 0 N–H and O–H groups in total. The van der Waals surface area contributed by atoms with Crippen molar-refractivity contribution in [1.82, 2.24) is 0 Å². The number of allylic oxidation sites excluding steroid dienone is 1. The Labute approximate surface area is 145 Å². The van der Waals surface area contributed by atoms with Crippen LogP contribution in [0.15, 0.2) is 64.8 Å². The van der Waals surface area contributed by atoms with Crippen molar-refractivity contribution >= 4 is 17.5 Å². The van der Waals surface area contributed by atoms with Crippen LogP contribution in [0.2, 0.25) is 0 Å². The van der Waals surface area contributed by atoms with Gasteiger partial charge in [-0.2, -0.15) is 0 Å². The third-order valence-electron chi connectivity index (χ3n) is 4.41. The number of ketones is 1. The number of benzene rings is 2. The van der Waals surface area contributed by atoms with Gasteiger partial charge in [0.1, 0.15) is 17.3 Å². The van der Waals surface area contributed by atoms with Gasteiger partial charge in [-0.15, -0.1) is 11.8 Å². The van der Waals surface area contributed by atoms with E-state index < -0.39 is 0 Å². The molecule has 1 aliphatic carbocycles. The lowest BCUT2D eigenvalue weighted by Crippen LogP contribution is -2.23. The first-order valence-corrected chi connectivity index (χ1v) is 8.98. The van der Waals surface area contributed by atoms with Crippen molar-refractivity contribution in [2.24, 2.45) is 0 Å². The maximum atomic E-state index is 12.6. The predicted molar refractivity (Wildman–Crippen MR) is 94.5 cm³/mol. The van der Waals surface area contributed by atoms with Crippen LogP contribution in [0.4, 0.5) is 0 Å². The summed E-state index contributed by atoms with van der Waals surface area (Å²) in [5, 5.41) is -0.0879. The number of carbonyl (C=O) groups is 1. The van der Waals surface area contributed by atoms with Crippen molar-refractivity contribution in [3.63, 3.8) is 0 Å². The number of fused-ring (bicyclic) bond motifs is 1. The van der Waals surface area contributed by atoms with E-state index in [9.17, 15) is 4.79 Å². The lowest BCUT2D eigenvalue weighted by molar-refractivity contribution is -0.116. The first-order valence-electron chi connectivity index (χ1n) is 8.10. The molecule has 0 fully saturated rings. The summed E-state index contributed by atoms with van der Waals surface area (Å²) in [6.45, 7) is 0. The van der Waals surface area contributed by atoms with Gasteiger partial charge in [-0.05, 0) is 30.7 Å². The molecule has 0 saturated carbocycles. The molecule has 1 atom stereocenters. The van der Waals surface area contributed by atoms with Gasteiger partial charge < -0.3 is 9.47 Å². The van der Waals surface area contributed by atoms with Crippen LogP contribution in [0.1, 0.15) is 30.1 Å². The molecular formula is C20H18O3S. The zero-order valence-electron chi connectivity index (χ0n) is 13.5. The molecule has 0 bridgehead atoms. The Balaban J connectivity index is 1.86. The first-order chi connectivity index (χ1) is 11.8. The number of rotatable bonds is 3. The Bertz CT molecular complexity index is 811. The maximum Gasteiger partial charge on any atom is 0.163 e. The van der Waals surface area contributed by atoms with E-state index in [1.54, 1.807) is 18.9 Å². The molecule has 0 amide bonds. The highest BCUT2D eigenvalue weighted by atomic mass is 32.2. The molecule has 2 aliphatic rings. The van der Waals surface area contributed by atoms with Crippen LogP contribution in [0.3, 0.4) is 0 Å². The second-order valence-corrected chi connectivity index (χ2v) is 7.08. The van der Waals surface area contributed by atoms with Crippen LogP contribution in [0.25, 0.3) is 0 Å². The lowest BCUT2D eigenvalue weighted by Gasteiger charge is -2.33. The second kappa shape index (κ2) is 6.36. The van der Waals surface area contributed by atoms with Crippen molar-refractivity contribution in [3.8, 4) is 11.5 Å². The van der Waals surface area contributed by atoms with Crippen LogP contribution < -0.4 is 9.47 Å². The number of thioether (sulfide) groups is 1. The molecule has 4 heteroatoms. The monoisotopic (exact) mass is 338 g/mol. The Kier molecular flexibility index (Phi) is 4.07. The molecule has 1 aliphatic heterocycles. The van der Waals surface area contributed by atoms with E-state index in [-0.39, 0.29) is 11.0 Å². The number of Topliss-reactive ketones (excluding diaryl/α,β-unsaturated/α-hetero) is 1. The summed E-state index contributed by atoms with van der Waals surface area (Å²) in [6, 6.07) is 16.0. The Morgan fingerprint density at radius 1 is 1.08 bits per heavy atom. The van der Waals surface area contributed by atoms with E-state index in [0.29, 0.717) is 6.42 Å². The third kappa shape index (κ3) is 2.61. The normalized spacial score (nSPS) is 19.4. The largest absolute Gasteiger partial charge is 0.496 e. The van der Waals surface area contributed by atoms with Gasteiger partial charge in [-0.1, -0.05) is 24.3 Å². The highest BCUT2D eigenvalue weighted by Crippen LogP contribution is 2.53. The molecule has 0 spiro atoms. The minimum atomic E-state index is -0.0879. The molecule has 122 valence electrons. The van der Waals surface area contributed by atoms with Crippen LogP contribution in [-0.2, 0) is 4.79 Å². The van der Waals surface area contributed by atoms with E-state index in [4.69, 9.17) is 9.47 Å². The smallest absolute Gasteiger partial charge is 0.163 e. The molecule has 1 unspecified atom stereocenters. The standard InChI is InChI=1S/C20H18O3S/c1-22-15-10-6-12-17-19(15)20(24-13-7-3-2-4-8-13)18-14(21)9-5-11-16(18)23-17/h2-4,6-8,10,12,20H,5,9,11H2,1H3. The van der Waals surface area contributed by atoms with Crippen molar-refractivity contribution in [1.29, 1.82) is 0 Å². The van der Waals surface area contributed by atoms with Gasteiger partial charge in [0.15, 0.2) is 5.78 Å². The van der Waals surface area contributed by atoms with Gasteiger partial charge in [0, 0.05) is 17.7 Å². The summed E-state index contributed by atoms with van der Waals surface area (Å²) < 4.78 is 11.7. The number of carbonyl (C=O) groups excluding carboxylic acids is 1. The van der Waals surface area contributed by atoms with Gasteiger partial charge in [-0.3, -0.25) is 4.79 Å². The van der Waals surface area contributed by atoms with Crippen molar-refractivity contribution < 1.29 is 14.3 Å². The third-order valence-corrected chi connectivity index (χ3v) is 5.66. The molecule has 2 aromatic carbocycles. The number of hydrogen-bond donors (Lipinski definition) is 0. The van der Waals surface area contributed by atoms with Gasteiger partial charge in [-0.25, -0.2) is 0 Å². The van der Waals surface area contributed by atoms with Gasteiger partial charge >= 0.3 is 0 Å². The van der Waals surface area contributed by atoms with Crippen LogP contribution >= 0.6 is 11.8 Å². The molecule has 1 heterocycles. The minimum absolute atomic E-state index is 0.0879. The number of methoxy groups -OCH3 is 1. The van der Waals surface area contributed by atoms with Crippen molar-refractivity contribution in [2.45, 2.75) is 29.4 Å². The molecule has 0 saturated heterocycles. The van der Waals surface area contributed by atoms with Gasteiger partial charge in [0.2, 0.25) is 0 Å². The lowest BCUT2D eigenvalue weighted by atomic mass is 9.88. The van der Waals surface area contributed by atoms with E-state index in [1.807, 2.05) is 36.4 Å². The van der Waals surface area contributed by atoms with Crippen LogP contribution in [0, 0.1) is 0 Å². The quantitative estimate of drug-likeness (QED) is 0.795. The van der Waals surface area contributed by atoms with Crippen LogP contribution in [0.5, 0.6) is 11.5 Å². The fourth-order valence-electron chi connectivity index (χ4n) is 3.31. The van der Waals surface area contributed by atoms with Crippen LogP contribution in [-0.4, -0.2) is 12.9 Å². The molecule has 3 nitrogen and oxygen atoms in total.